The number of hydrogen-bond acceptors (Lipinski definition) is 3. The lowest BCUT2D eigenvalue weighted by Crippen LogP contribution is -2.21. The van der Waals surface area contributed by atoms with E-state index in [0.717, 1.165) is 6.42 Å². The summed E-state index contributed by atoms with van der Waals surface area (Å²) in [6.07, 6.45) is 4.05. The molecule has 1 aromatic rings. The van der Waals surface area contributed by atoms with E-state index in [4.69, 9.17) is 23.2 Å². The summed E-state index contributed by atoms with van der Waals surface area (Å²) >= 11 is 11.3. The molecule has 1 atom stereocenters. The Morgan fingerprint density at radius 2 is 2.08 bits per heavy atom. The average molecular weight is 220 g/mol. The van der Waals surface area contributed by atoms with Crippen LogP contribution < -0.4 is 5.32 Å². The maximum absolute atomic E-state index is 5.70. The lowest BCUT2D eigenvalue weighted by atomic mass is 10.3. The van der Waals surface area contributed by atoms with Gasteiger partial charge >= 0.3 is 0 Å². The third-order valence-electron chi connectivity index (χ3n) is 1.63. The first-order valence-corrected chi connectivity index (χ1v) is 4.97. The first-order valence-electron chi connectivity index (χ1n) is 4.06. The number of nitrogens with zero attached hydrogens (tertiary/aromatic N) is 2. The van der Waals surface area contributed by atoms with E-state index in [9.17, 15) is 0 Å². The Balaban J connectivity index is 2.58. The van der Waals surface area contributed by atoms with Crippen molar-refractivity contribution in [2.45, 2.75) is 19.4 Å². The molecule has 1 aromatic heterocycles. The maximum atomic E-state index is 5.70. The van der Waals surface area contributed by atoms with E-state index in [2.05, 4.69) is 22.2 Å². The summed E-state index contributed by atoms with van der Waals surface area (Å²) < 4.78 is 0. The van der Waals surface area contributed by atoms with E-state index in [0.29, 0.717) is 16.9 Å². The molecule has 0 radical (unpaired) electrons. The van der Waals surface area contributed by atoms with Crippen LogP contribution in [0.1, 0.15) is 13.3 Å². The molecule has 3 nitrogen and oxygen atoms in total. The number of nitrogens with one attached hydrogen (secondary N) is 1. The lowest BCUT2D eigenvalue weighted by molar-refractivity contribution is 0.759. The maximum Gasteiger partial charge on any atom is 0.222 e. The number of rotatable bonds is 4. The van der Waals surface area contributed by atoms with Gasteiger partial charge < -0.3 is 5.32 Å². The lowest BCUT2D eigenvalue weighted by Gasteiger charge is -2.12. The van der Waals surface area contributed by atoms with Gasteiger partial charge in [0.25, 0.3) is 0 Å². The molecule has 1 rings (SSSR count). The Bertz CT molecular complexity index is 246. The molecule has 1 heterocycles. The molecule has 0 aliphatic heterocycles. The van der Waals surface area contributed by atoms with Gasteiger partial charge in [0.2, 0.25) is 5.95 Å². The topological polar surface area (TPSA) is 37.8 Å². The van der Waals surface area contributed by atoms with Crippen molar-refractivity contribution in [1.82, 2.24) is 9.97 Å². The highest BCUT2D eigenvalue weighted by Gasteiger charge is 2.05. The van der Waals surface area contributed by atoms with E-state index in [1.165, 1.54) is 0 Å². The Labute approximate surface area is 87.5 Å². The van der Waals surface area contributed by atoms with Crippen LogP contribution in [0, 0.1) is 0 Å². The summed E-state index contributed by atoms with van der Waals surface area (Å²) in [6.45, 7) is 2.05. The standard InChI is InChI=1S/C8H11Cl2N3/c1-2-7(3-9)13-8-11-4-6(10)5-12-8/h4-5,7H,2-3H2,1H3,(H,11,12,13). The van der Waals surface area contributed by atoms with E-state index >= 15 is 0 Å². The number of hydrogen-bond donors (Lipinski definition) is 1. The normalized spacial score (nSPS) is 12.5. The first kappa shape index (κ1) is 10.5. The zero-order valence-electron chi connectivity index (χ0n) is 7.30. The Morgan fingerprint density at radius 1 is 1.46 bits per heavy atom. The summed E-state index contributed by atoms with van der Waals surface area (Å²) in [7, 11) is 0. The molecule has 0 spiro atoms. The van der Waals surface area contributed by atoms with Gasteiger partial charge in [-0.1, -0.05) is 18.5 Å². The zero-order valence-corrected chi connectivity index (χ0v) is 8.81. The third kappa shape index (κ3) is 3.36. The van der Waals surface area contributed by atoms with Gasteiger partial charge in [0.15, 0.2) is 0 Å². The van der Waals surface area contributed by atoms with Crippen LogP contribution in [0.2, 0.25) is 5.02 Å². The Morgan fingerprint density at radius 3 is 2.54 bits per heavy atom. The number of halogens is 2. The highest BCUT2D eigenvalue weighted by atomic mass is 35.5. The average Bonchev–Trinajstić information content (AvgIpc) is 2.17. The Kier molecular flexibility index (Phi) is 4.25. The minimum atomic E-state index is 0.211. The number of aromatic nitrogens is 2. The van der Waals surface area contributed by atoms with Crippen LogP contribution in [0.5, 0.6) is 0 Å². The summed E-state index contributed by atoms with van der Waals surface area (Å²) in [5.74, 6) is 1.11. The van der Waals surface area contributed by atoms with Crippen molar-refractivity contribution in [1.29, 1.82) is 0 Å². The van der Waals surface area contributed by atoms with Gasteiger partial charge in [-0.05, 0) is 6.42 Å². The summed E-state index contributed by atoms with van der Waals surface area (Å²) in [5, 5.41) is 3.62. The quantitative estimate of drug-likeness (QED) is 0.792. The predicted octanol–water partition coefficient (Wildman–Crippen LogP) is 2.56. The molecule has 0 aliphatic carbocycles. The van der Waals surface area contributed by atoms with Gasteiger partial charge in [0.05, 0.1) is 17.4 Å². The van der Waals surface area contributed by atoms with E-state index in [1.54, 1.807) is 12.4 Å². The van der Waals surface area contributed by atoms with Crippen LogP contribution in [0.25, 0.3) is 0 Å². The monoisotopic (exact) mass is 219 g/mol. The smallest absolute Gasteiger partial charge is 0.222 e. The molecule has 0 saturated carbocycles. The highest BCUT2D eigenvalue weighted by Crippen LogP contribution is 2.08. The van der Waals surface area contributed by atoms with Crippen molar-refractivity contribution in [3.8, 4) is 0 Å². The molecular weight excluding hydrogens is 209 g/mol. The molecule has 1 N–H and O–H groups in total. The zero-order chi connectivity index (χ0) is 9.68. The van der Waals surface area contributed by atoms with Crippen molar-refractivity contribution in [3.63, 3.8) is 0 Å². The van der Waals surface area contributed by atoms with Crippen molar-refractivity contribution in [3.05, 3.63) is 17.4 Å². The molecule has 0 saturated heterocycles. The van der Waals surface area contributed by atoms with Crippen LogP contribution in [0.15, 0.2) is 12.4 Å². The first-order chi connectivity index (χ1) is 6.26. The van der Waals surface area contributed by atoms with Gasteiger partial charge in [-0.3, -0.25) is 0 Å². The number of alkyl halides is 1. The van der Waals surface area contributed by atoms with Crippen LogP contribution in [-0.4, -0.2) is 21.9 Å². The molecular formula is C8H11Cl2N3. The molecule has 1 unspecified atom stereocenters. The summed E-state index contributed by atoms with van der Waals surface area (Å²) in [5.41, 5.74) is 0. The summed E-state index contributed by atoms with van der Waals surface area (Å²) in [4.78, 5) is 8.00. The van der Waals surface area contributed by atoms with Gasteiger partial charge in [-0.15, -0.1) is 11.6 Å². The van der Waals surface area contributed by atoms with Crippen molar-refractivity contribution < 1.29 is 0 Å². The van der Waals surface area contributed by atoms with Crippen LogP contribution in [0.4, 0.5) is 5.95 Å². The van der Waals surface area contributed by atoms with E-state index in [1.807, 2.05) is 0 Å². The molecule has 0 aromatic carbocycles. The molecule has 0 bridgehead atoms. The largest absolute Gasteiger partial charge is 0.350 e. The predicted molar refractivity (Wildman–Crippen MR) is 55.5 cm³/mol. The van der Waals surface area contributed by atoms with Crippen LogP contribution in [-0.2, 0) is 0 Å². The van der Waals surface area contributed by atoms with Gasteiger partial charge in [-0.2, -0.15) is 0 Å². The molecule has 0 aliphatic rings. The van der Waals surface area contributed by atoms with Crippen molar-refractivity contribution >= 4 is 29.2 Å². The van der Waals surface area contributed by atoms with E-state index < -0.39 is 0 Å². The molecule has 13 heavy (non-hydrogen) atoms. The fraction of sp³-hybridized carbons (Fsp3) is 0.500. The minimum Gasteiger partial charge on any atom is -0.350 e. The minimum absolute atomic E-state index is 0.211. The highest BCUT2D eigenvalue weighted by molar-refractivity contribution is 6.30. The molecule has 72 valence electrons. The summed E-state index contributed by atoms with van der Waals surface area (Å²) in [6, 6.07) is 0.211. The second kappa shape index (κ2) is 5.25. The SMILES string of the molecule is CCC(CCl)Nc1ncc(Cl)cn1. The van der Waals surface area contributed by atoms with Gasteiger partial charge in [-0.25, -0.2) is 9.97 Å². The van der Waals surface area contributed by atoms with Crippen LogP contribution >= 0.6 is 23.2 Å². The second-order valence-electron chi connectivity index (χ2n) is 2.63. The molecule has 0 fully saturated rings. The fourth-order valence-corrected chi connectivity index (χ4v) is 1.21. The Hall–Kier alpha value is -0.540. The van der Waals surface area contributed by atoms with Crippen molar-refractivity contribution in [2.75, 3.05) is 11.2 Å². The second-order valence-corrected chi connectivity index (χ2v) is 3.37. The number of anilines is 1. The third-order valence-corrected chi connectivity index (χ3v) is 2.20. The fourth-order valence-electron chi connectivity index (χ4n) is 0.819. The van der Waals surface area contributed by atoms with Crippen LogP contribution in [0.3, 0.4) is 0 Å². The van der Waals surface area contributed by atoms with Crippen molar-refractivity contribution in [2.24, 2.45) is 0 Å². The molecule has 5 heteroatoms. The van der Waals surface area contributed by atoms with Gasteiger partial charge in [0, 0.05) is 11.9 Å². The van der Waals surface area contributed by atoms with Gasteiger partial charge in [0.1, 0.15) is 0 Å². The van der Waals surface area contributed by atoms with E-state index in [-0.39, 0.29) is 6.04 Å². The molecule has 0 amide bonds.